The van der Waals surface area contributed by atoms with Gasteiger partial charge in [-0.25, -0.2) is 8.78 Å². The number of carbonyl (C=O) groups excluding carboxylic acids is 1. The summed E-state index contributed by atoms with van der Waals surface area (Å²) in [6.45, 7) is 1.98. The molecule has 1 atom stereocenters. The molecule has 2 nitrogen and oxygen atoms in total. The van der Waals surface area contributed by atoms with Crippen LogP contribution in [0.3, 0.4) is 0 Å². The number of nitrogens with zero attached hydrogens (tertiary/aromatic N) is 1. The first-order valence-corrected chi connectivity index (χ1v) is 7.10. The van der Waals surface area contributed by atoms with Crippen molar-refractivity contribution in [2.75, 3.05) is 24.0 Å². The molecule has 0 heterocycles. The highest BCUT2D eigenvalue weighted by Gasteiger charge is 2.20. The van der Waals surface area contributed by atoms with E-state index in [0.717, 1.165) is 24.3 Å². The standard InChI is InChI=1S/C13H17F2NOS/c1-4-10(8-18-3)16(2)13-11(14)5-9(7-17)6-12(13)15/h5-7,10H,4,8H2,1-3H3. The van der Waals surface area contributed by atoms with E-state index < -0.39 is 11.6 Å². The molecule has 0 saturated heterocycles. The minimum absolute atomic E-state index is 0.0139. The van der Waals surface area contributed by atoms with Crippen LogP contribution < -0.4 is 4.90 Å². The molecule has 0 aromatic heterocycles. The number of halogens is 2. The molecule has 0 aliphatic heterocycles. The lowest BCUT2D eigenvalue weighted by molar-refractivity contribution is 0.112. The third-order valence-corrected chi connectivity index (χ3v) is 3.62. The first kappa shape index (κ1) is 15.0. The molecule has 100 valence electrons. The summed E-state index contributed by atoms with van der Waals surface area (Å²) < 4.78 is 27.7. The molecular weight excluding hydrogens is 256 g/mol. The number of anilines is 1. The number of benzene rings is 1. The first-order chi connectivity index (χ1) is 8.54. The predicted molar refractivity (Wildman–Crippen MR) is 72.6 cm³/mol. The summed E-state index contributed by atoms with van der Waals surface area (Å²) in [5, 5.41) is 0. The SMILES string of the molecule is CCC(CSC)N(C)c1c(F)cc(C=O)cc1F. The zero-order valence-corrected chi connectivity index (χ0v) is 11.6. The Hall–Kier alpha value is -1.10. The number of carbonyl (C=O) groups is 1. The van der Waals surface area contributed by atoms with Gasteiger partial charge in [0, 0.05) is 24.4 Å². The van der Waals surface area contributed by atoms with Crippen molar-refractivity contribution in [1.29, 1.82) is 0 Å². The Labute approximate surface area is 110 Å². The van der Waals surface area contributed by atoms with E-state index in [4.69, 9.17) is 0 Å². The van der Waals surface area contributed by atoms with Gasteiger partial charge in [-0.05, 0) is 24.8 Å². The van der Waals surface area contributed by atoms with Crippen LogP contribution in [0.2, 0.25) is 0 Å². The van der Waals surface area contributed by atoms with Crippen LogP contribution in [0.15, 0.2) is 12.1 Å². The van der Waals surface area contributed by atoms with Crippen molar-refractivity contribution in [2.24, 2.45) is 0 Å². The largest absolute Gasteiger partial charge is 0.366 e. The van der Waals surface area contributed by atoms with E-state index in [-0.39, 0.29) is 17.3 Å². The molecule has 0 radical (unpaired) electrons. The highest BCUT2D eigenvalue weighted by Crippen LogP contribution is 2.26. The lowest BCUT2D eigenvalue weighted by atomic mass is 10.1. The topological polar surface area (TPSA) is 20.3 Å². The fourth-order valence-corrected chi connectivity index (χ4v) is 2.71. The normalized spacial score (nSPS) is 12.3. The summed E-state index contributed by atoms with van der Waals surface area (Å²) >= 11 is 1.63. The zero-order chi connectivity index (χ0) is 13.7. The van der Waals surface area contributed by atoms with Gasteiger partial charge in [0.15, 0.2) is 0 Å². The minimum atomic E-state index is -0.695. The molecule has 0 aliphatic carbocycles. The molecule has 0 aliphatic rings. The molecular formula is C13H17F2NOS. The molecule has 0 fully saturated rings. The monoisotopic (exact) mass is 273 g/mol. The quantitative estimate of drug-likeness (QED) is 0.741. The number of aldehydes is 1. The first-order valence-electron chi connectivity index (χ1n) is 5.71. The maximum Gasteiger partial charge on any atom is 0.150 e. The third-order valence-electron chi connectivity index (χ3n) is 2.91. The molecule has 5 heteroatoms. The second-order valence-electron chi connectivity index (χ2n) is 4.08. The summed E-state index contributed by atoms with van der Waals surface area (Å²) in [7, 11) is 1.67. The van der Waals surface area contributed by atoms with E-state index in [0.29, 0.717) is 6.29 Å². The molecule has 0 spiro atoms. The Morgan fingerprint density at radius 2 is 1.94 bits per heavy atom. The molecule has 1 aromatic carbocycles. The van der Waals surface area contributed by atoms with Crippen LogP contribution in [0.1, 0.15) is 23.7 Å². The average Bonchev–Trinajstić information content (AvgIpc) is 2.34. The molecule has 18 heavy (non-hydrogen) atoms. The van der Waals surface area contributed by atoms with Crippen molar-refractivity contribution in [3.05, 3.63) is 29.3 Å². The lowest BCUT2D eigenvalue weighted by Gasteiger charge is -2.29. The van der Waals surface area contributed by atoms with Crippen molar-refractivity contribution in [3.63, 3.8) is 0 Å². The fraction of sp³-hybridized carbons (Fsp3) is 0.462. The van der Waals surface area contributed by atoms with Gasteiger partial charge in [-0.3, -0.25) is 4.79 Å². The van der Waals surface area contributed by atoms with Crippen LogP contribution >= 0.6 is 11.8 Å². The molecule has 1 aromatic rings. The second kappa shape index (κ2) is 6.73. The van der Waals surface area contributed by atoms with Crippen LogP contribution in [0.5, 0.6) is 0 Å². The Kier molecular flexibility index (Phi) is 5.59. The van der Waals surface area contributed by atoms with Gasteiger partial charge >= 0.3 is 0 Å². The lowest BCUT2D eigenvalue weighted by Crippen LogP contribution is -2.34. The van der Waals surface area contributed by atoms with E-state index in [2.05, 4.69) is 0 Å². The van der Waals surface area contributed by atoms with Crippen molar-refractivity contribution < 1.29 is 13.6 Å². The summed E-state index contributed by atoms with van der Waals surface area (Å²) in [6.07, 6.45) is 3.19. The van der Waals surface area contributed by atoms with Gasteiger partial charge in [-0.2, -0.15) is 11.8 Å². The summed E-state index contributed by atoms with van der Waals surface area (Å²) in [5.41, 5.74) is -0.0541. The number of thioether (sulfide) groups is 1. The van der Waals surface area contributed by atoms with Crippen molar-refractivity contribution in [3.8, 4) is 0 Å². The van der Waals surface area contributed by atoms with Crippen molar-refractivity contribution in [1.82, 2.24) is 0 Å². The van der Waals surface area contributed by atoms with E-state index in [1.165, 1.54) is 0 Å². The van der Waals surface area contributed by atoms with Crippen molar-refractivity contribution in [2.45, 2.75) is 19.4 Å². The van der Waals surface area contributed by atoms with Crippen LogP contribution in [0, 0.1) is 11.6 Å². The summed E-state index contributed by atoms with van der Waals surface area (Å²) in [4.78, 5) is 12.1. The van der Waals surface area contributed by atoms with Crippen LogP contribution in [-0.4, -0.2) is 31.4 Å². The van der Waals surface area contributed by atoms with Gasteiger partial charge < -0.3 is 4.90 Å². The maximum atomic E-state index is 13.8. The van der Waals surface area contributed by atoms with E-state index >= 15 is 0 Å². The van der Waals surface area contributed by atoms with Gasteiger partial charge in [0.05, 0.1) is 0 Å². The van der Waals surface area contributed by atoms with Gasteiger partial charge in [-0.1, -0.05) is 6.92 Å². The average molecular weight is 273 g/mol. The van der Waals surface area contributed by atoms with E-state index in [9.17, 15) is 13.6 Å². The third kappa shape index (κ3) is 3.22. The highest BCUT2D eigenvalue weighted by atomic mass is 32.2. The summed E-state index contributed by atoms with van der Waals surface area (Å²) in [6, 6.07) is 2.19. The molecule has 0 bridgehead atoms. The predicted octanol–water partition coefficient (Wildman–Crippen LogP) is 3.36. The van der Waals surface area contributed by atoms with Crippen LogP contribution in [0.25, 0.3) is 0 Å². The van der Waals surface area contributed by atoms with Gasteiger partial charge in [0.25, 0.3) is 0 Å². The van der Waals surface area contributed by atoms with Crippen molar-refractivity contribution >= 4 is 23.7 Å². The minimum Gasteiger partial charge on any atom is -0.366 e. The number of rotatable bonds is 6. The van der Waals surface area contributed by atoms with Gasteiger partial charge in [-0.15, -0.1) is 0 Å². The summed E-state index contributed by atoms with van der Waals surface area (Å²) in [5.74, 6) is -0.597. The molecule has 0 N–H and O–H groups in total. The molecule has 1 rings (SSSR count). The fourth-order valence-electron chi connectivity index (χ4n) is 1.87. The molecule has 0 saturated carbocycles. The Morgan fingerprint density at radius 1 is 1.39 bits per heavy atom. The Bertz CT molecular complexity index is 402. The second-order valence-corrected chi connectivity index (χ2v) is 4.99. The zero-order valence-electron chi connectivity index (χ0n) is 10.7. The van der Waals surface area contributed by atoms with E-state index in [1.807, 2.05) is 13.2 Å². The Morgan fingerprint density at radius 3 is 2.33 bits per heavy atom. The molecule has 1 unspecified atom stereocenters. The van der Waals surface area contributed by atoms with Crippen LogP contribution in [-0.2, 0) is 0 Å². The Balaban J connectivity index is 3.11. The van der Waals surface area contributed by atoms with Gasteiger partial charge in [0.1, 0.15) is 23.6 Å². The maximum absolute atomic E-state index is 13.8. The van der Waals surface area contributed by atoms with Gasteiger partial charge in [0.2, 0.25) is 0 Å². The van der Waals surface area contributed by atoms with Crippen LogP contribution in [0.4, 0.5) is 14.5 Å². The van der Waals surface area contributed by atoms with E-state index in [1.54, 1.807) is 23.7 Å². The number of hydrogen-bond acceptors (Lipinski definition) is 3. The molecule has 0 amide bonds. The highest BCUT2D eigenvalue weighted by molar-refractivity contribution is 7.98. The smallest absolute Gasteiger partial charge is 0.150 e. The number of hydrogen-bond donors (Lipinski definition) is 0.